The van der Waals surface area contributed by atoms with Crippen LogP contribution < -0.4 is 5.73 Å². The van der Waals surface area contributed by atoms with E-state index in [2.05, 4.69) is 48.5 Å². The fourth-order valence-electron chi connectivity index (χ4n) is 1.70. The Balaban J connectivity index is 2.65. The maximum Gasteiger partial charge on any atom is 0.148 e. The van der Waals surface area contributed by atoms with Gasteiger partial charge in [0.25, 0.3) is 0 Å². The van der Waals surface area contributed by atoms with Gasteiger partial charge in [-0.2, -0.15) is 5.10 Å². The van der Waals surface area contributed by atoms with Crippen LogP contribution in [0.1, 0.15) is 26.5 Å². The van der Waals surface area contributed by atoms with Gasteiger partial charge in [-0.3, -0.25) is 0 Å². The van der Waals surface area contributed by atoms with Crippen LogP contribution in [0.25, 0.3) is 5.69 Å². The van der Waals surface area contributed by atoms with Crippen LogP contribution in [0, 0.1) is 9.39 Å². The molecule has 0 unspecified atom stereocenters. The largest absolute Gasteiger partial charge is 0.383 e. The lowest BCUT2D eigenvalue weighted by Gasteiger charge is -2.15. The normalized spacial score (nSPS) is 11.8. The second-order valence-electron chi connectivity index (χ2n) is 5.16. The van der Waals surface area contributed by atoms with Gasteiger partial charge in [0.05, 0.1) is 9.26 Å². The molecule has 3 nitrogen and oxygen atoms in total. The predicted molar refractivity (Wildman–Crippen MR) is 79.4 cm³/mol. The van der Waals surface area contributed by atoms with Gasteiger partial charge >= 0.3 is 0 Å². The van der Waals surface area contributed by atoms with Gasteiger partial charge in [0, 0.05) is 5.41 Å². The third-order valence-electron chi connectivity index (χ3n) is 2.65. The van der Waals surface area contributed by atoms with Gasteiger partial charge in [-0.15, -0.1) is 0 Å². The molecule has 1 aromatic heterocycles. The highest BCUT2D eigenvalue weighted by Crippen LogP contribution is 2.31. The molecule has 0 atom stereocenters. The number of nitrogens with zero attached hydrogens (tertiary/aromatic N) is 2. The van der Waals surface area contributed by atoms with Crippen molar-refractivity contribution >= 4 is 28.4 Å². The summed E-state index contributed by atoms with van der Waals surface area (Å²) in [5, 5.41) is 4.46. The second kappa shape index (κ2) is 4.53. The van der Waals surface area contributed by atoms with E-state index in [0.717, 1.165) is 9.26 Å². The van der Waals surface area contributed by atoms with E-state index in [1.54, 1.807) is 18.2 Å². The molecule has 96 valence electrons. The minimum absolute atomic E-state index is 0.124. The molecular formula is C13H15FIN3. The van der Waals surface area contributed by atoms with E-state index in [1.165, 1.54) is 10.7 Å². The first-order valence-corrected chi connectivity index (χ1v) is 6.69. The number of nitrogens with two attached hydrogens (primary N) is 1. The summed E-state index contributed by atoms with van der Waals surface area (Å²) in [4.78, 5) is 0. The van der Waals surface area contributed by atoms with E-state index in [-0.39, 0.29) is 11.2 Å². The SMILES string of the molecule is CC(C)(C)c1nn(-c2ccccc2F)c(N)c1I. The first-order chi connectivity index (χ1) is 8.32. The number of anilines is 1. The molecular weight excluding hydrogens is 344 g/mol. The van der Waals surface area contributed by atoms with Gasteiger partial charge in [0.2, 0.25) is 0 Å². The number of hydrogen-bond acceptors (Lipinski definition) is 2. The molecule has 5 heteroatoms. The molecule has 0 saturated heterocycles. The number of para-hydroxylation sites is 1. The topological polar surface area (TPSA) is 43.8 Å². The summed E-state index contributed by atoms with van der Waals surface area (Å²) < 4.78 is 16.1. The Hall–Kier alpha value is -1.11. The molecule has 0 bridgehead atoms. The lowest BCUT2D eigenvalue weighted by atomic mass is 9.92. The van der Waals surface area contributed by atoms with Crippen LogP contribution in [0.4, 0.5) is 10.2 Å². The number of aromatic nitrogens is 2. The van der Waals surface area contributed by atoms with Crippen LogP contribution in [0.2, 0.25) is 0 Å². The monoisotopic (exact) mass is 359 g/mol. The lowest BCUT2D eigenvalue weighted by molar-refractivity contribution is 0.553. The Morgan fingerprint density at radius 2 is 1.89 bits per heavy atom. The Bertz CT molecular complexity index is 584. The quantitative estimate of drug-likeness (QED) is 0.793. The van der Waals surface area contributed by atoms with E-state index < -0.39 is 0 Å². The minimum Gasteiger partial charge on any atom is -0.383 e. The molecule has 1 heterocycles. The first-order valence-electron chi connectivity index (χ1n) is 5.61. The number of halogens is 2. The summed E-state index contributed by atoms with van der Waals surface area (Å²) in [5.41, 5.74) is 7.16. The lowest BCUT2D eigenvalue weighted by Crippen LogP contribution is -2.14. The molecule has 0 radical (unpaired) electrons. The zero-order chi connectivity index (χ0) is 13.5. The van der Waals surface area contributed by atoms with Crippen LogP contribution in [0.5, 0.6) is 0 Å². The predicted octanol–water partition coefficient (Wildman–Crippen LogP) is 3.50. The molecule has 0 saturated carbocycles. The molecule has 0 aliphatic rings. The Kier molecular flexibility index (Phi) is 3.35. The van der Waals surface area contributed by atoms with E-state index in [4.69, 9.17) is 5.73 Å². The second-order valence-corrected chi connectivity index (χ2v) is 6.24. The summed E-state index contributed by atoms with van der Waals surface area (Å²) in [6.45, 7) is 6.17. The zero-order valence-electron chi connectivity index (χ0n) is 10.5. The van der Waals surface area contributed by atoms with Crippen molar-refractivity contribution < 1.29 is 4.39 Å². The summed E-state index contributed by atoms with van der Waals surface area (Å²) in [6, 6.07) is 6.48. The van der Waals surface area contributed by atoms with Gasteiger partial charge in [0.1, 0.15) is 17.3 Å². The summed E-state index contributed by atoms with van der Waals surface area (Å²) in [5.74, 6) is 0.147. The van der Waals surface area contributed by atoms with E-state index >= 15 is 0 Å². The Labute approximate surface area is 119 Å². The van der Waals surface area contributed by atoms with Gasteiger partial charge in [-0.25, -0.2) is 9.07 Å². The van der Waals surface area contributed by atoms with Gasteiger partial charge in [-0.1, -0.05) is 32.9 Å². The van der Waals surface area contributed by atoms with Crippen molar-refractivity contribution in [3.8, 4) is 5.69 Å². The van der Waals surface area contributed by atoms with Crippen molar-refractivity contribution in [1.82, 2.24) is 9.78 Å². The van der Waals surface area contributed by atoms with Crippen molar-refractivity contribution in [1.29, 1.82) is 0 Å². The Morgan fingerprint density at radius 1 is 1.28 bits per heavy atom. The number of benzene rings is 1. The molecule has 0 amide bonds. The van der Waals surface area contributed by atoms with Crippen molar-refractivity contribution in [3.05, 3.63) is 39.3 Å². The molecule has 18 heavy (non-hydrogen) atoms. The van der Waals surface area contributed by atoms with Gasteiger partial charge < -0.3 is 5.73 Å². The van der Waals surface area contributed by atoms with E-state index in [0.29, 0.717) is 11.5 Å². The van der Waals surface area contributed by atoms with E-state index in [9.17, 15) is 4.39 Å². The molecule has 0 spiro atoms. The van der Waals surface area contributed by atoms with Crippen molar-refractivity contribution in [2.75, 3.05) is 5.73 Å². The molecule has 0 aliphatic heterocycles. The summed E-state index contributed by atoms with van der Waals surface area (Å²) in [7, 11) is 0. The Morgan fingerprint density at radius 3 is 2.39 bits per heavy atom. The van der Waals surface area contributed by atoms with Crippen molar-refractivity contribution in [2.24, 2.45) is 0 Å². The molecule has 2 rings (SSSR count). The smallest absolute Gasteiger partial charge is 0.148 e. The maximum absolute atomic E-state index is 13.8. The molecule has 2 aromatic rings. The average molecular weight is 359 g/mol. The van der Waals surface area contributed by atoms with Crippen LogP contribution >= 0.6 is 22.6 Å². The first kappa shape index (κ1) is 13.3. The minimum atomic E-state index is -0.330. The van der Waals surface area contributed by atoms with Gasteiger partial charge in [0.15, 0.2) is 0 Å². The summed E-state index contributed by atoms with van der Waals surface area (Å²) in [6.07, 6.45) is 0. The highest BCUT2D eigenvalue weighted by Gasteiger charge is 2.25. The highest BCUT2D eigenvalue weighted by molar-refractivity contribution is 14.1. The van der Waals surface area contributed by atoms with E-state index in [1.807, 2.05) is 0 Å². The molecule has 1 aromatic carbocycles. The van der Waals surface area contributed by atoms with Crippen LogP contribution in [0.15, 0.2) is 24.3 Å². The van der Waals surface area contributed by atoms with Crippen LogP contribution in [0.3, 0.4) is 0 Å². The number of hydrogen-bond donors (Lipinski definition) is 1. The third-order valence-corrected chi connectivity index (χ3v) is 3.72. The van der Waals surface area contributed by atoms with Crippen LogP contribution in [-0.4, -0.2) is 9.78 Å². The van der Waals surface area contributed by atoms with Crippen molar-refractivity contribution in [2.45, 2.75) is 26.2 Å². The fourth-order valence-corrected chi connectivity index (χ4v) is 2.84. The standard InChI is InChI=1S/C13H15FIN3/c1-13(2,3)11-10(15)12(16)18(17-11)9-7-5-4-6-8(9)14/h4-7H,16H2,1-3H3. The van der Waals surface area contributed by atoms with Crippen molar-refractivity contribution in [3.63, 3.8) is 0 Å². The number of rotatable bonds is 1. The summed E-state index contributed by atoms with van der Waals surface area (Å²) >= 11 is 2.16. The van der Waals surface area contributed by atoms with Gasteiger partial charge in [-0.05, 0) is 34.7 Å². The fraction of sp³-hybridized carbons (Fsp3) is 0.308. The molecule has 0 aliphatic carbocycles. The third kappa shape index (κ3) is 2.23. The number of nitrogen functional groups attached to an aromatic ring is 1. The molecule has 2 N–H and O–H groups in total. The average Bonchev–Trinajstić information content (AvgIpc) is 2.57. The zero-order valence-corrected chi connectivity index (χ0v) is 12.7. The van der Waals surface area contributed by atoms with Crippen LogP contribution in [-0.2, 0) is 5.41 Å². The molecule has 0 fully saturated rings. The maximum atomic E-state index is 13.8. The highest BCUT2D eigenvalue weighted by atomic mass is 127.